The fourth-order valence-corrected chi connectivity index (χ4v) is 3.05. The van der Waals surface area contributed by atoms with Crippen LogP contribution in [0.2, 0.25) is 0 Å². The van der Waals surface area contributed by atoms with Gasteiger partial charge >= 0.3 is 0 Å². The van der Waals surface area contributed by atoms with Gasteiger partial charge in [-0.1, -0.05) is 6.07 Å². The molecule has 9 heteroatoms. The molecule has 1 saturated heterocycles. The van der Waals surface area contributed by atoms with Crippen LogP contribution >= 0.6 is 0 Å². The molecule has 0 saturated carbocycles. The third kappa shape index (κ3) is 4.93. The summed E-state index contributed by atoms with van der Waals surface area (Å²) >= 11 is 0. The van der Waals surface area contributed by atoms with Gasteiger partial charge in [0.25, 0.3) is 5.91 Å². The first kappa shape index (κ1) is 18.2. The predicted molar refractivity (Wildman–Crippen MR) is 97.0 cm³/mol. The Bertz CT molecular complexity index is 895. The van der Waals surface area contributed by atoms with E-state index in [9.17, 15) is 13.2 Å². The number of pyridine rings is 1. The highest BCUT2D eigenvalue weighted by molar-refractivity contribution is 7.92. The molecule has 26 heavy (non-hydrogen) atoms. The van der Waals surface area contributed by atoms with Crippen molar-refractivity contribution in [2.45, 2.75) is 12.5 Å². The van der Waals surface area contributed by atoms with Gasteiger partial charge in [-0.3, -0.25) is 9.52 Å². The summed E-state index contributed by atoms with van der Waals surface area (Å²) in [6, 6.07) is 9.68. The lowest BCUT2D eigenvalue weighted by Crippen LogP contribution is -2.20. The molecule has 1 aliphatic rings. The maximum absolute atomic E-state index is 12.6. The summed E-state index contributed by atoms with van der Waals surface area (Å²) in [6.45, 7) is 1.09. The number of nitrogens with one attached hydrogen (secondary N) is 2. The molecular weight excluding hydrogens is 358 g/mol. The van der Waals surface area contributed by atoms with Crippen LogP contribution in [0, 0.1) is 0 Å². The van der Waals surface area contributed by atoms with Crippen molar-refractivity contribution in [2.75, 3.05) is 29.5 Å². The third-order valence-corrected chi connectivity index (χ3v) is 4.21. The third-order valence-electron chi connectivity index (χ3n) is 3.61. The smallest absolute Gasteiger partial charge is 0.261 e. The van der Waals surface area contributed by atoms with Gasteiger partial charge in [0.15, 0.2) is 0 Å². The van der Waals surface area contributed by atoms with E-state index in [1.165, 1.54) is 6.07 Å². The molecule has 0 bridgehead atoms. The molecule has 0 spiro atoms. The zero-order valence-corrected chi connectivity index (χ0v) is 15.0. The summed E-state index contributed by atoms with van der Waals surface area (Å²) < 4.78 is 36.1. The second-order valence-corrected chi connectivity index (χ2v) is 7.62. The lowest BCUT2D eigenvalue weighted by atomic mass is 10.2. The summed E-state index contributed by atoms with van der Waals surface area (Å²) in [5.41, 5.74) is 1.10. The largest absolute Gasteiger partial charge is 0.471 e. The van der Waals surface area contributed by atoms with Crippen LogP contribution in [0.5, 0.6) is 5.88 Å². The SMILES string of the molecule is CS(=O)(=O)Nc1cccc(NC(=O)c2cccnc2OC2CCOC2)c1. The summed E-state index contributed by atoms with van der Waals surface area (Å²) in [5.74, 6) is -0.158. The van der Waals surface area contributed by atoms with Gasteiger partial charge in [-0.15, -0.1) is 0 Å². The number of hydrogen-bond acceptors (Lipinski definition) is 6. The standard InChI is InChI=1S/C17H19N3O5S/c1-26(22,23)20-13-5-2-4-12(10-13)19-16(21)15-6-3-8-18-17(15)25-14-7-9-24-11-14/h2-6,8,10,14,20H,7,9,11H2,1H3,(H,19,21). The number of sulfonamides is 1. The zero-order chi connectivity index (χ0) is 18.6. The van der Waals surface area contributed by atoms with Gasteiger partial charge in [0.05, 0.1) is 25.2 Å². The fourth-order valence-electron chi connectivity index (χ4n) is 2.49. The Morgan fingerprint density at radius 3 is 2.81 bits per heavy atom. The number of amides is 1. The number of aromatic nitrogens is 1. The van der Waals surface area contributed by atoms with Crippen molar-refractivity contribution in [2.24, 2.45) is 0 Å². The second kappa shape index (κ2) is 7.71. The van der Waals surface area contributed by atoms with E-state index >= 15 is 0 Å². The van der Waals surface area contributed by atoms with Gasteiger partial charge in [0.2, 0.25) is 15.9 Å². The molecule has 1 amide bonds. The summed E-state index contributed by atoms with van der Waals surface area (Å²) in [7, 11) is -3.40. The Morgan fingerprint density at radius 1 is 1.27 bits per heavy atom. The minimum Gasteiger partial charge on any atom is -0.471 e. The van der Waals surface area contributed by atoms with E-state index in [1.807, 2.05) is 0 Å². The molecule has 138 valence electrons. The Labute approximate surface area is 151 Å². The number of nitrogens with zero attached hydrogens (tertiary/aromatic N) is 1. The molecule has 2 heterocycles. The van der Waals surface area contributed by atoms with Crippen molar-refractivity contribution in [3.05, 3.63) is 48.2 Å². The van der Waals surface area contributed by atoms with E-state index in [0.717, 1.165) is 12.7 Å². The van der Waals surface area contributed by atoms with Crippen LogP contribution in [0.25, 0.3) is 0 Å². The molecule has 1 atom stereocenters. The first-order valence-corrected chi connectivity index (χ1v) is 9.88. The van der Waals surface area contributed by atoms with Gasteiger partial charge < -0.3 is 14.8 Å². The van der Waals surface area contributed by atoms with E-state index in [4.69, 9.17) is 9.47 Å². The quantitative estimate of drug-likeness (QED) is 0.796. The first-order valence-electron chi connectivity index (χ1n) is 7.99. The van der Waals surface area contributed by atoms with Crippen LogP contribution in [-0.4, -0.2) is 44.9 Å². The van der Waals surface area contributed by atoms with Crippen LogP contribution in [0.15, 0.2) is 42.6 Å². The van der Waals surface area contributed by atoms with Crippen LogP contribution < -0.4 is 14.8 Å². The van der Waals surface area contributed by atoms with E-state index in [1.54, 1.807) is 36.5 Å². The zero-order valence-electron chi connectivity index (χ0n) is 14.1. The fraction of sp³-hybridized carbons (Fsp3) is 0.294. The predicted octanol–water partition coefficient (Wildman–Crippen LogP) is 1.87. The van der Waals surface area contributed by atoms with Gasteiger partial charge in [0, 0.05) is 18.3 Å². The van der Waals surface area contributed by atoms with Crippen molar-refractivity contribution in [1.82, 2.24) is 4.98 Å². The minimum atomic E-state index is -3.40. The number of anilines is 2. The molecule has 1 aromatic carbocycles. The number of rotatable bonds is 6. The molecule has 8 nitrogen and oxygen atoms in total. The average Bonchev–Trinajstić information content (AvgIpc) is 3.07. The number of ether oxygens (including phenoxy) is 2. The van der Waals surface area contributed by atoms with Gasteiger partial charge in [0.1, 0.15) is 11.7 Å². The highest BCUT2D eigenvalue weighted by Gasteiger charge is 2.21. The molecule has 1 aliphatic heterocycles. The number of benzene rings is 1. The van der Waals surface area contributed by atoms with Gasteiger partial charge in [-0.2, -0.15) is 0 Å². The van der Waals surface area contributed by atoms with E-state index in [0.29, 0.717) is 30.2 Å². The minimum absolute atomic E-state index is 0.126. The molecule has 0 radical (unpaired) electrons. The van der Waals surface area contributed by atoms with E-state index in [2.05, 4.69) is 15.0 Å². The highest BCUT2D eigenvalue weighted by Crippen LogP contribution is 2.22. The van der Waals surface area contributed by atoms with E-state index < -0.39 is 15.9 Å². The van der Waals surface area contributed by atoms with Crippen molar-refractivity contribution >= 4 is 27.3 Å². The van der Waals surface area contributed by atoms with E-state index in [-0.39, 0.29) is 12.0 Å². The summed E-state index contributed by atoms with van der Waals surface area (Å²) in [4.78, 5) is 16.7. The number of carbonyl (C=O) groups is 1. The van der Waals surface area contributed by atoms with Crippen molar-refractivity contribution in [3.63, 3.8) is 0 Å². The second-order valence-electron chi connectivity index (χ2n) is 5.87. The molecule has 1 unspecified atom stereocenters. The molecule has 0 aliphatic carbocycles. The molecule has 1 fully saturated rings. The molecule has 3 rings (SSSR count). The van der Waals surface area contributed by atoms with Crippen molar-refractivity contribution in [1.29, 1.82) is 0 Å². The summed E-state index contributed by atoms with van der Waals surface area (Å²) in [6.07, 6.45) is 3.23. The van der Waals surface area contributed by atoms with Gasteiger partial charge in [-0.25, -0.2) is 13.4 Å². The van der Waals surface area contributed by atoms with Crippen molar-refractivity contribution < 1.29 is 22.7 Å². The number of hydrogen-bond donors (Lipinski definition) is 2. The Kier molecular flexibility index (Phi) is 5.38. The van der Waals surface area contributed by atoms with Crippen LogP contribution in [-0.2, 0) is 14.8 Å². The van der Waals surface area contributed by atoms with Crippen LogP contribution in [0.1, 0.15) is 16.8 Å². The number of carbonyl (C=O) groups excluding carboxylic acids is 1. The lowest BCUT2D eigenvalue weighted by Gasteiger charge is -2.14. The maximum atomic E-state index is 12.6. The van der Waals surface area contributed by atoms with Crippen LogP contribution in [0.3, 0.4) is 0 Å². The monoisotopic (exact) mass is 377 g/mol. The molecule has 2 aromatic rings. The molecule has 2 N–H and O–H groups in total. The van der Waals surface area contributed by atoms with Gasteiger partial charge in [-0.05, 0) is 30.3 Å². The normalized spacial score (nSPS) is 16.9. The first-order chi connectivity index (χ1) is 12.4. The van der Waals surface area contributed by atoms with Crippen LogP contribution in [0.4, 0.5) is 11.4 Å². The molecule has 1 aromatic heterocycles. The highest BCUT2D eigenvalue weighted by atomic mass is 32.2. The topological polar surface area (TPSA) is 107 Å². The maximum Gasteiger partial charge on any atom is 0.261 e. The van der Waals surface area contributed by atoms with Crippen molar-refractivity contribution in [3.8, 4) is 5.88 Å². The molecular formula is C17H19N3O5S. The lowest BCUT2D eigenvalue weighted by molar-refractivity contribution is 0.101. The Balaban J connectivity index is 1.75. The summed E-state index contributed by atoms with van der Waals surface area (Å²) in [5, 5.41) is 2.72. The Hall–Kier alpha value is -2.65. The average molecular weight is 377 g/mol. The Morgan fingerprint density at radius 2 is 2.08 bits per heavy atom.